The Morgan fingerprint density at radius 2 is 1.96 bits per heavy atom. The largest absolute Gasteiger partial charge is 0.433 e. The zero-order chi connectivity index (χ0) is 18.3. The third-order valence-electron chi connectivity index (χ3n) is 4.32. The molecule has 4 heterocycles. The highest BCUT2D eigenvalue weighted by Crippen LogP contribution is 2.28. The van der Waals surface area contributed by atoms with Crippen LogP contribution in [0.4, 0.5) is 13.2 Å². The summed E-state index contributed by atoms with van der Waals surface area (Å²) in [6, 6.07) is 7.59. The van der Waals surface area contributed by atoms with E-state index in [9.17, 15) is 18.0 Å². The maximum Gasteiger partial charge on any atom is 0.433 e. The molecule has 3 aromatic heterocycles. The van der Waals surface area contributed by atoms with E-state index in [0.717, 1.165) is 40.6 Å². The van der Waals surface area contributed by atoms with Gasteiger partial charge in [0, 0.05) is 37.6 Å². The first-order valence-corrected chi connectivity index (χ1v) is 7.98. The van der Waals surface area contributed by atoms with Crippen molar-refractivity contribution in [3.8, 4) is 0 Å². The van der Waals surface area contributed by atoms with Gasteiger partial charge in [-0.2, -0.15) is 13.2 Å². The molecule has 0 aromatic carbocycles. The van der Waals surface area contributed by atoms with Crippen LogP contribution in [0.5, 0.6) is 0 Å². The molecule has 26 heavy (non-hydrogen) atoms. The number of rotatable bonds is 1. The standard InChI is InChI=1S/C18H13F3N4O/c19-18(20,21)16-4-3-11(9-23-16)17(26)25-7-5-13-12(10-25)8-15-14(24-13)2-1-6-22-15/h1-4,6,8-9H,5,7,10H2. The molecule has 1 amide bonds. The van der Waals surface area contributed by atoms with Crippen LogP contribution < -0.4 is 0 Å². The highest BCUT2D eigenvalue weighted by molar-refractivity contribution is 5.94. The zero-order valence-electron chi connectivity index (χ0n) is 13.5. The number of amides is 1. The van der Waals surface area contributed by atoms with Crippen molar-refractivity contribution in [1.82, 2.24) is 19.9 Å². The summed E-state index contributed by atoms with van der Waals surface area (Å²) in [6.07, 6.45) is -1.29. The molecule has 0 N–H and O–H groups in total. The molecule has 0 fully saturated rings. The van der Waals surface area contributed by atoms with Gasteiger partial charge in [-0.1, -0.05) is 0 Å². The predicted octanol–water partition coefficient (Wildman–Crippen LogP) is 3.24. The summed E-state index contributed by atoms with van der Waals surface area (Å²) in [7, 11) is 0. The summed E-state index contributed by atoms with van der Waals surface area (Å²) < 4.78 is 37.8. The van der Waals surface area contributed by atoms with Crippen molar-refractivity contribution in [1.29, 1.82) is 0 Å². The first kappa shape index (κ1) is 16.4. The molecule has 0 bridgehead atoms. The Hall–Kier alpha value is -3.03. The quantitative estimate of drug-likeness (QED) is 0.670. The van der Waals surface area contributed by atoms with Gasteiger partial charge < -0.3 is 4.90 Å². The third kappa shape index (κ3) is 2.98. The van der Waals surface area contributed by atoms with Crippen LogP contribution in [0, 0.1) is 0 Å². The molecule has 1 aliphatic heterocycles. The van der Waals surface area contributed by atoms with Crippen LogP contribution in [0.3, 0.4) is 0 Å². The Morgan fingerprint density at radius 3 is 2.69 bits per heavy atom. The molecule has 4 rings (SSSR count). The maximum atomic E-state index is 12.6. The lowest BCUT2D eigenvalue weighted by Crippen LogP contribution is -2.36. The van der Waals surface area contributed by atoms with Gasteiger partial charge in [0.25, 0.3) is 5.91 Å². The minimum absolute atomic E-state index is 0.133. The lowest BCUT2D eigenvalue weighted by Gasteiger charge is -2.28. The number of hydrogen-bond donors (Lipinski definition) is 0. The SMILES string of the molecule is O=C(c1ccc(C(F)(F)F)nc1)N1CCc2nc3cccnc3cc2C1. The Labute approximate surface area is 146 Å². The molecule has 0 spiro atoms. The van der Waals surface area contributed by atoms with Crippen molar-refractivity contribution in [3.05, 3.63) is 65.2 Å². The van der Waals surface area contributed by atoms with E-state index in [1.54, 1.807) is 11.1 Å². The van der Waals surface area contributed by atoms with Gasteiger partial charge in [0.1, 0.15) is 5.69 Å². The number of alkyl halides is 3. The van der Waals surface area contributed by atoms with Gasteiger partial charge in [-0.05, 0) is 35.9 Å². The molecular weight excluding hydrogens is 345 g/mol. The predicted molar refractivity (Wildman–Crippen MR) is 87.2 cm³/mol. The summed E-state index contributed by atoms with van der Waals surface area (Å²) in [6.45, 7) is 0.792. The number of hydrogen-bond acceptors (Lipinski definition) is 4. The molecule has 3 aromatic rings. The van der Waals surface area contributed by atoms with Gasteiger partial charge in [0.05, 0.1) is 16.6 Å². The van der Waals surface area contributed by atoms with E-state index in [1.165, 1.54) is 0 Å². The minimum Gasteiger partial charge on any atom is -0.334 e. The third-order valence-corrected chi connectivity index (χ3v) is 4.32. The van der Waals surface area contributed by atoms with Crippen LogP contribution >= 0.6 is 0 Å². The number of fused-ring (bicyclic) bond motifs is 2. The van der Waals surface area contributed by atoms with Gasteiger partial charge in [0.2, 0.25) is 0 Å². The maximum absolute atomic E-state index is 12.6. The average Bonchev–Trinajstić information content (AvgIpc) is 2.64. The summed E-state index contributed by atoms with van der Waals surface area (Å²) in [4.78, 5) is 26.4. The first-order valence-electron chi connectivity index (χ1n) is 7.98. The van der Waals surface area contributed by atoms with Crippen molar-refractivity contribution >= 4 is 16.9 Å². The fourth-order valence-corrected chi connectivity index (χ4v) is 3.00. The molecule has 0 saturated carbocycles. The lowest BCUT2D eigenvalue weighted by atomic mass is 10.0. The van der Waals surface area contributed by atoms with E-state index >= 15 is 0 Å². The van der Waals surface area contributed by atoms with E-state index in [4.69, 9.17) is 0 Å². The minimum atomic E-state index is -4.52. The second kappa shape index (κ2) is 6.05. The highest BCUT2D eigenvalue weighted by Gasteiger charge is 2.32. The average molecular weight is 358 g/mol. The highest BCUT2D eigenvalue weighted by atomic mass is 19.4. The van der Waals surface area contributed by atoms with Crippen LogP contribution in [0.2, 0.25) is 0 Å². The van der Waals surface area contributed by atoms with Gasteiger partial charge in [-0.25, -0.2) is 0 Å². The number of nitrogens with zero attached hydrogens (tertiary/aromatic N) is 4. The Morgan fingerprint density at radius 1 is 1.12 bits per heavy atom. The molecule has 132 valence electrons. The van der Waals surface area contributed by atoms with Crippen LogP contribution in [0.1, 0.15) is 27.3 Å². The Kier molecular flexibility index (Phi) is 3.82. The van der Waals surface area contributed by atoms with E-state index in [1.807, 2.05) is 18.2 Å². The van der Waals surface area contributed by atoms with Crippen molar-refractivity contribution in [3.63, 3.8) is 0 Å². The van der Waals surface area contributed by atoms with E-state index in [-0.39, 0.29) is 11.5 Å². The van der Waals surface area contributed by atoms with Crippen LogP contribution in [0.25, 0.3) is 11.0 Å². The van der Waals surface area contributed by atoms with Crippen molar-refractivity contribution in [2.75, 3.05) is 6.54 Å². The van der Waals surface area contributed by atoms with Crippen LogP contribution in [-0.2, 0) is 19.1 Å². The first-order chi connectivity index (χ1) is 12.4. The monoisotopic (exact) mass is 358 g/mol. The van der Waals surface area contributed by atoms with Crippen molar-refractivity contribution < 1.29 is 18.0 Å². The molecule has 0 radical (unpaired) electrons. The Bertz CT molecular complexity index is 986. The van der Waals surface area contributed by atoms with E-state index in [2.05, 4.69) is 15.0 Å². The fourth-order valence-electron chi connectivity index (χ4n) is 3.00. The number of aromatic nitrogens is 3. The van der Waals surface area contributed by atoms with Gasteiger partial charge in [-0.3, -0.25) is 19.7 Å². The summed E-state index contributed by atoms with van der Waals surface area (Å²) in [5.41, 5.74) is 2.48. The van der Waals surface area contributed by atoms with Crippen molar-refractivity contribution in [2.45, 2.75) is 19.1 Å². The van der Waals surface area contributed by atoms with Gasteiger partial charge in [-0.15, -0.1) is 0 Å². The molecule has 0 saturated heterocycles. The second-order valence-electron chi connectivity index (χ2n) is 6.04. The lowest BCUT2D eigenvalue weighted by molar-refractivity contribution is -0.141. The number of pyridine rings is 3. The molecule has 0 aliphatic carbocycles. The summed E-state index contributed by atoms with van der Waals surface area (Å²) in [5.74, 6) is -0.349. The fraction of sp³-hybridized carbons (Fsp3) is 0.222. The second-order valence-corrected chi connectivity index (χ2v) is 6.04. The number of carbonyl (C=O) groups is 1. The number of carbonyl (C=O) groups excluding carboxylic acids is 1. The zero-order valence-corrected chi connectivity index (χ0v) is 13.5. The molecule has 5 nitrogen and oxygen atoms in total. The normalized spacial score (nSPS) is 14.3. The molecular formula is C18H13F3N4O. The van der Waals surface area contributed by atoms with Crippen LogP contribution in [0.15, 0.2) is 42.7 Å². The molecule has 0 unspecified atom stereocenters. The topological polar surface area (TPSA) is 59.0 Å². The molecule has 1 aliphatic rings. The smallest absolute Gasteiger partial charge is 0.334 e. The van der Waals surface area contributed by atoms with E-state index in [0.29, 0.717) is 19.5 Å². The molecule has 8 heteroatoms. The van der Waals surface area contributed by atoms with Crippen molar-refractivity contribution in [2.24, 2.45) is 0 Å². The summed E-state index contributed by atoms with van der Waals surface area (Å²) >= 11 is 0. The van der Waals surface area contributed by atoms with Gasteiger partial charge >= 0.3 is 6.18 Å². The van der Waals surface area contributed by atoms with Gasteiger partial charge in [0.15, 0.2) is 0 Å². The van der Waals surface area contributed by atoms with Crippen LogP contribution in [-0.4, -0.2) is 32.3 Å². The number of halogens is 3. The summed E-state index contributed by atoms with van der Waals surface area (Å²) in [5, 5.41) is 0. The Balaban J connectivity index is 1.58. The molecule has 0 atom stereocenters. The van der Waals surface area contributed by atoms with E-state index < -0.39 is 11.9 Å².